The van der Waals surface area contributed by atoms with Crippen molar-refractivity contribution >= 4 is 21.9 Å². The highest BCUT2D eigenvalue weighted by atomic mass is 16.3. The molecule has 0 aliphatic rings. The molecule has 132 valence electrons. The lowest BCUT2D eigenvalue weighted by Gasteiger charge is -2.00. The van der Waals surface area contributed by atoms with Crippen LogP contribution in [-0.2, 0) is 6.42 Å². The minimum atomic E-state index is 0.686. The molecule has 0 radical (unpaired) electrons. The second kappa shape index (κ2) is 7.06. The molecule has 0 saturated carbocycles. The summed E-state index contributed by atoms with van der Waals surface area (Å²) in [4.78, 5) is 4.53. The van der Waals surface area contributed by atoms with E-state index in [9.17, 15) is 0 Å². The molecule has 0 aliphatic heterocycles. The Hall–Kier alpha value is -3.83. The van der Waals surface area contributed by atoms with Crippen molar-refractivity contribution in [2.75, 3.05) is 0 Å². The van der Waals surface area contributed by atoms with E-state index in [-0.39, 0.29) is 0 Å². The van der Waals surface area contributed by atoms with Crippen LogP contribution in [-0.4, -0.2) is 4.98 Å². The molecule has 0 aliphatic carbocycles. The Kier molecular flexibility index (Phi) is 4.12. The number of hydrogen-bond acceptors (Lipinski definition) is 2. The van der Waals surface area contributed by atoms with Gasteiger partial charge in [-0.1, -0.05) is 66.6 Å². The minimum absolute atomic E-state index is 0.686. The molecule has 2 heterocycles. The maximum absolute atomic E-state index is 6.04. The van der Waals surface area contributed by atoms with Gasteiger partial charge in [-0.05, 0) is 46.5 Å². The molecule has 28 heavy (non-hydrogen) atoms. The third kappa shape index (κ3) is 3.15. The Morgan fingerprint density at radius 2 is 1.57 bits per heavy atom. The van der Waals surface area contributed by atoms with Crippen molar-refractivity contribution in [3.8, 4) is 11.8 Å². The number of aromatic nitrogens is 1. The smallest absolute Gasteiger partial charge is 0.183 e. The van der Waals surface area contributed by atoms with Gasteiger partial charge in [0.1, 0.15) is 5.52 Å². The van der Waals surface area contributed by atoms with E-state index in [1.54, 1.807) is 6.20 Å². The second-order valence-electron chi connectivity index (χ2n) is 6.73. The molecular weight excluding hydrogens is 342 g/mol. The summed E-state index contributed by atoms with van der Waals surface area (Å²) in [7, 11) is 0. The average molecular weight is 359 g/mol. The number of rotatable bonds is 2. The van der Waals surface area contributed by atoms with E-state index in [1.165, 1.54) is 16.3 Å². The normalized spacial score (nSPS) is 10.7. The van der Waals surface area contributed by atoms with Crippen molar-refractivity contribution in [1.29, 1.82) is 0 Å². The molecular formula is C26H17NO. The Morgan fingerprint density at radius 1 is 0.750 bits per heavy atom. The van der Waals surface area contributed by atoms with Crippen LogP contribution in [0.4, 0.5) is 0 Å². The first-order valence-electron chi connectivity index (χ1n) is 9.28. The molecule has 0 unspecified atom stereocenters. The zero-order chi connectivity index (χ0) is 18.8. The largest absolute Gasteiger partial charge is 0.446 e. The summed E-state index contributed by atoms with van der Waals surface area (Å²) in [6.45, 7) is 0. The number of furan rings is 1. The van der Waals surface area contributed by atoms with Gasteiger partial charge in [-0.25, -0.2) is 0 Å². The van der Waals surface area contributed by atoms with Crippen molar-refractivity contribution in [2.45, 2.75) is 6.42 Å². The third-order valence-corrected chi connectivity index (χ3v) is 4.84. The topological polar surface area (TPSA) is 26.0 Å². The molecule has 0 saturated heterocycles. The number of fused-ring (bicyclic) bond motifs is 2. The van der Waals surface area contributed by atoms with Crippen LogP contribution in [0.15, 0.2) is 95.5 Å². The van der Waals surface area contributed by atoms with Gasteiger partial charge >= 0.3 is 0 Å². The van der Waals surface area contributed by atoms with Crippen molar-refractivity contribution in [2.24, 2.45) is 0 Å². The Balaban J connectivity index is 1.58. The molecule has 0 bridgehead atoms. The molecule has 0 fully saturated rings. The Bertz CT molecular complexity index is 1340. The van der Waals surface area contributed by atoms with Crippen LogP contribution < -0.4 is 0 Å². The summed E-state index contributed by atoms with van der Waals surface area (Å²) >= 11 is 0. The van der Waals surface area contributed by atoms with E-state index in [1.807, 2.05) is 48.5 Å². The van der Waals surface area contributed by atoms with Crippen LogP contribution >= 0.6 is 0 Å². The van der Waals surface area contributed by atoms with Gasteiger partial charge in [-0.15, -0.1) is 0 Å². The molecule has 0 N–H and O–H groups in total. The SMILES string of the molecule is C(#Cc1oc2cccnc2c1Cc1ccccc1)c1ccc2ccccc2c1. The summed E-state index contributed by atoms with van der Waals surface area (Å²) in [5.41, 5.74) is 4.88. The molecule has 0 amide bonds. The van der Waals surface area contributed by atoms with E-state index in [4.69, 9.17) is 4.42 Å². The maximum atomic E-state index is 6.04. The average Bonchev–Trinajstić information content (AvgIpc) is 3.10. The lowest BCUT2D eigenvalue weighted by Crippen LogP contribution is -1.90. The minimum Gasteiger partial charge on any atom is -0.446 e. The molecule has 2 nitrogen and oxygen atoms in total. The number of pyridine rings is 1. The van der Waals surface area contributed by atoms with Gasteiger partial charge in [0.25, 0.3) is 0 Å². The van der Waals surface area contributed by atoms with E-state index in [2.05, 4.69) is 53.2 Å². The molecule has 3 aromatic carbocycles. The monoisotopic (exact) mass is 359 g/mol. The first kappa shape index (κ1) is 16.4. The highest BCUT2D eigenvalue weighted by Crippen LogP contribution is 2.26. The molecule has 2 aromatic heterocycles. The standard InChI is InChI=1S/C26H17NO/c1-2-7-19(8-3-1)18-23-24(28-25-11-6-16-27-26(23)25)15-13-20-12-14-21-9-4-5-10-22(21)17-20/h1-12,14,16-17H,18H2. The third-order valence-electron chi connectivity index (χ3n) is 4.84. The Morgan fingerprint density at radius 3 is 2.46 bits per heavy atom. The molecule has 0 spiro atoms. The van der Waals surface area contributed by atoms with E-state index in [0.717, 1.165) is 28.6 Å². The van der Waals surface area contributed by atoms with Crippen LogP contribution in [0.5, 0.6) is 0 Å². The summed E-state index contributed by atoms with van der Waals surface area (Å²) < 4.78 is 6.04. The molecule has 5 aromatic rings. The lowest BCUT2D eigenvalue weighted by atomic mass is 10.0. The van der Waals surface area contributed by atoms with Gasteiger partial charge in [0.05, 0.1) is 0 Å². The molecule has 0 atom stereocenters. The highest BCUT2D eigenvalue weighted by molar-refractivity contribution is 5.84. The number of hydrogen-bond donors (Lipinski definition) is 0. The van der Waals surface area contributed by atoms with Gasteiger partial charge in [0.15, 0.2) is 11.3 Å². The first-order valence-corrected chi connectivity index (χ1v) is 9.28. The van der Waals surface area contributed by atoms with Crippen LogP contribution in [0.1, 0.15) is 22.5 Å². The Labute approximate surface area is 163 Å². The predicted molar refractivity (Wildman–Crippen MR) is 113 cm³/mol. The maximum Gasteiger partial charge on any atom is 0.183 e. The van der Waals surface area contributed by atoms with Gasteiger partial charge in [-0.2, -0.15) is 0 Å². The van der Waals surface area contributed by atoms with Gasteiger partial charge < -0.3 is 4.42 Å². The van der Waals surface area contributed by atoms with Crippen LogP contribution in [0.25, 0.3) is 21.9 Å². The van der Waals surface area contributed by atoms with Crippen molar-refractivity contribution < 1.29 is 4.42 Å². The van der Waals surface area contributed by atoms with Gasteiger partial charge in [0.2, 0.25) is 0 Å². The summed E-state index contributed by atoms with van der Waals surface area (Å²) in [5.74, 6) is 7.20. The van der Waals surface area contributed by atoms with E-state index in [0.29, 0.717) is 5.76 Å². The van der Waals surface area contributed by atoms with Crippen LogP contribution in [0.3, 0.4) is 0 Å². The van der Waals surface area contributed by atoms with Crippen molar-refractivity contribution in [1.82, 2.24) is 4.98 Å². The molecule has 2 heteroatoms. The second-order valence-corrected chi connectivity index (χ2v) is 6.73. The zero-order valence-corrected chi connectivity index (χ0v) is 15.2. The summed E-state index contributed by atoms with van der Waals surface area (Å²) in [6, 6.07) is 28.7. The van der Waals surface area contributed by atoms with Crippen molar-refractivity contribution in [3.05, 3.63) is 114 Å². The fourth-order valence-corrected chi connectivity index (χ4v) is 3.44. The fourth-order valence-electron chi connectivity index (χ4n) is 3.44. The summed E-state index contributed by atoms with van der Waals surface area (Å²) in [5, 5.41) is 2.40. The highest BCUT2D eigenvalue weighted by Gasteiger charge is 2.14. The first-order chi connectivity index (χ1) is 13.9. The van der Waals surface area contributed by atoms with E-state index < -0.39 is 0 Å². The lowest BCUT2D eigenvalue weighted by molar-refractivity contribution is 0.596. The van der Waals surface area contributed by atoms with Gasteiger partial charge in [-0.3, -0.25) is 4.98 Å². The van der Waals surface area contributed by atoms with E-state index >= 15 is 0 Å². The zero-order valence-electron chi connectivity index (χ0n) is 15.2. The van der Waals surface area contributed by atoms with Crippen LogP contribution in [0, 0.1) is 11.8 Å². The van der Waals surface area contributed by atoms with Crippen LogP contribution in [0.2, 0.25) is 0 Å². The summed E-state index contributed by atoms with van der Waals surface area (Å²) in [6.07, 6.45) is 2.54. The van der Waals surface area contributed by atoms with Gasteiger partial charge in [0, 0.05) is 23.7 Å². The number of nitrogens with zero attached hydrogens (tertiary/aromatic N) is 1. The number of benzene rings is 3. The quantitative estimate of drug-likeness (QED) is 0.363. The van der Waals surface area contributed by atoms with Crippen molar-refractivity contribution in [3.63, 3.8) is 0 Å². The predicted octanol–water partition coefficient (Wildman–Crippen LogP) is 5.97. The molecule has 5 rings (SSSR count). The fraction of sp³-hybridized carbons (Fsp3) is 0.0385.